The Morgan fingerprint density at radius 2 is 2.14 bits per heavy atom. The van der Waals surface area contributed by atoms with Gasteiger partial charge < -0.3 is 14.6 Å². The van der Waals surface area contributed by atoms with Crippen LogP contribution in [0.2, 0.25) is 0 Å². The van der Waals surface area contributed by atoms with E-state index >= 15 is 0 Å². The van der Waals surface area contributed by atoms with Crippen molar-refractivity contribution < 1.29 is 14.1 Å². The van der Waals surface area contributed by atoms with Gasteiger partial charge in [-0.2, -0.15) is 0 Å². The molecule has 6 nitrogen and oxygen atoms in total. The Bertz CT molecular complexity index is 990. The summed E-state index contributed by atoms with van der Waals surface area (Å²) in [7, 11) is 0. The lowest BCUT2D eigenvalue weighted by Crippen LogP contribution is -2.46. The first-order valence-electron chi connectivity index (χ1n) is 8.85. The third-order valence-corrected chi connectivity index (χ3v) is 5.60. The van der Waals surface area contributed by atoms with Gasteiger partial charge in [0.05, 0.1) is 11.1 Å². The topological polar surface area (TPSA) is 77.2 Å². The molecule has 0 saturated carbocycles. The number of aromatic nitrogens is 2. The van der Waals surface area contributed by atoms with Crippen molar-refractivity contribution in [1.29, 1.82) is 0 Å². The van der Waals surface area contributed by atoms with Crippen molar-refractivity contribution >= 4 is 51.2 Å². The van der Waals surface area contributed by atoms with Gasteiger partial charge in [-0.15, -0.1) is 11.8 Å². The maximum atomic E-state index is 12.8. The van der Waals surface area contributed by atoms with Crippen molar-refractivity contribution in [3.05, 3.63) is 51.6 Å². The predicted octanol–water partition coefficient (Wildman–Crippen LogP) is 4.51. The molecule has 8 heteroatoms. The second kappa shape index (κ2) is 8.69. The van der Waals surface area contributed by atoms with E-state index in [0.29, 0.717) is 11.4 Å². The first-order valence-corrected chi connectivity index (χ1v) is 11.2. The molecule has 1 aromatic carbocycles. The van der Waals surface area contributed by atoms with E-state index < -0.39 is 11.0 Å². The maximum absolute atomic E-state index is 12.8. The normalized spacial score (nSPS) is 12.8. The third kappa shape index (κ3) is 4.78. The average Bonchev–Trinajstić information content (AvgIpc) is 3.15. The number of fused-ring (bicyclic) bond motifs is 1. The molecule has 0 aliphatic carbocycles. The molecular formula is C20H22IN3O3S. The van der Waals surface area contributed by atoms with Crippen LogP contribution in [0.5, 0.6) is 5.75 Å². The summed E-state index contributed by atoms with van der Waals surface area (Å²) in [6.07, 6.45) is 4.41. The smallest absolute Gasteiger partial charge is 0.272 e. The van der Waals surface area contributed by atoms with Crippen LogP contribution in [0.15, 0.2) is 41.1 Å². The SMILES string of the molecule is CCc1cc(C(C)(C)NC(=O)C(Oc2ccc3ncc(I)cc3c2)SC)no1. The molecule has 0 radical (unpaired) electrons. The quantitative estimate of drug-likeness (QED) is 0.372. The van der Waals surface area contributed by atoms with Gasteiger partial charge in [0.2, 0.25) is 5.44 Å². The molecule has 0 aliphatic heterocycles. The van der Waals surface area contributed by atoms with Crippen LogP contribution in [0.25, 0.3) is 10.9 Å². The van der Waals surface area contributed by atoms with Gasteiger partial charge in [-0.1, -0.05) is 12.1 Å². The molecule has 0 spiro atoms. The lowest BCUT2D eigenvalue weighted by atomic mass is 10.0. The number of hydrogen-bond acceptors (Lipinski definition) is 6. The molecule has 3 aromatic rings. The number of rotatable bonds is 7. The van der Waals surface area contributed by atoms with Gasteiger partial charge in [-0.05, 0) is 67.0 Å². The minimum Gasteiger partial charge on any atom is -0.470 e. The number of halogens is 1. The van der Waals surface area contributed by atoms with Gasteiger partial charge in [0.1, 0.15) is 17.2 Å². The number of carbonyl (C=O) groups is 1. The molecule has 1 unspecified atom stereocenters. The Hall–Kier alpha value is -1.81. The van der Waals surface area contributed by atoms with Gasteiger partial charge in [0.15, 0.2) is 0 Å². The summed E-state index contributed by atoms with van der Waals surface area (Å²) in [6, 6.07) is 9.52. The van der Waals surface area contributed by atoms with Gasteiger partial charge in [0.25, 0.3) is 5.91 Å². The molecule has 1 amide bonds. The van der Waals surface area contributed by atoms with Crippen LogP contribution in [0.1, 0.15) is 32.2 Å². The fraction of sp³-hybridized carbons (Fsp3) is 0.350. The summed E-state index contributed by atoms with van der Waals surface area (Å²) in [6.45, 7) is 5.78. The number of benzene rings is 1. The number of nitrogens with zero attached hydrogens (tertiary/aromatic N) is 2. The molecule has 0 aliphatic rings. The summed E-state index contributed by atoms with van der Waals surface area (Å²) in [5.41, 5.74) is 0.208. The second-order valence-electron chi connectivity index (χ2n) is 6.84. The Morgan fingerprint density at radius 1 is 1.36 bits per heavy atom. The number of thioether (sulfide) groups is 1. The monoisotopic (exact) mass is 511 g/mol. The van der Waals surface area contributed by atoms with Gasteiger partial charge in [-0.25, -0.2) is 0 Å². The van der Waals surface area contributed by atoms with E-state index in [4.69, 9.17) is 9.26 Å². The molecule has 0 bridgehead atoms. The van der Waals surface area contributed by atoms with Crippen molar-refractivity contribution in [1.82, 2.24) is 15.5 Å². The molecule has 1 N–H and O–H groups in total. The Morgan fingerprint density at radius 3 is 2.82 bits per heavy atom. The van der Waals surface area contributed by atoms with Gasteiger partial charge in [0, 0.05) is 27.6 Å². The van der Waals surface area contributed by atoms with E-state index in [1.807, 2.05) is 63.6 Å². The maximum Gasteiger partial charge on any atom is 0.272 e. The molecule has 148 valence electrons. The highest BCUT2D eigenvalue weighted by Crippen LogP contribution is 2.25. The summed E-state index contributed by atoms with van der Waals surface area (Å²) >= 11 is 3.55. The zero-order valence-electron chi connectivity index (χ0n) is 16.2. The van der Waals surface area contributed by atoms with E-state index in [9.17, 15) is 4.79 Å². The number of carbonyl (C=O) groups excluding carboxylic acids is 1. The molecule has 1 atom stereocenters. The molecule has 3 rings (SSSR count). The third-order valence-electron chi connectivity index (χ3n) is 4.27. The fourth-order valence-electron chi connectivity index (χ4n) is 2.69. The highest BCUT2D eigenvalue weighted by Gasteiger charge is 2.30. The second-order valence-corrected chi connectivity index (χ2v) is 8.98. The minimum atomic E-state index is -0.690. The molecule has 2 heterocycles. The predicted molar refractivity (Wildman–Crippen MR) is 119 cm³/mol. The molecular weight excluding hydrogens is 489 g/mol. The number of pyridine rings is 1. The Kier molecular flexibility index (Phi) is 6.49. The Labute approximate surface area is 181 Å². The molecule has 2 aromatic heterocycles. The summed E-state index contributed by atoms with van der Waals surface area (Å²) in [5.74, 6) is 1.19. The van der Waals surface area contributed by atoms with E-state index in [-0.39, 0.29) is 5.91 Å². The lowest BCUT2D eigenvalue weighted by Gasteiger charge is -2.26. The van der Waals surface area contributed by atoms with E-state index in [0.717, 1.165) is 26.7 Å². The Balaban J connectivity index is 1.74. The highest BCUT2D eigenvalue weighted by atomic mass is 127. The largest absolute Gasteiger partial charge is 0.470 e. The average molecular weight is 511 g/mol. The van der Waals surface area contributed by atoms with Crippen LogP contribution in [-0.4, -0.2) is 27.7 Å². The van der Waals surface area contributed by atoms with Crippen molar-refractivity contribution in [2.45, 2.75) is 38.2 Å². The van der Waals surface area contributed by atoms with Crippen LogP contribution in [0.4, 0.5) is 0 Å². The molecule has 0 saturated heterocycles. The number of ether oxygens (including phenoxy) is 1. The standard InChI is InChI=1S/C20H22IN3O3S/c1-5-14-10-17(24-27-14)20(2,3)23-18(25)19(28-4)26-15-6-7-16-12(9-15)8-13(21)11-22-16/h6-11,19H,5H2,1-4H3,(H,23,25). The van der Waals surface area contributed by atoms with Gasteiger partial charge >= 0.3 is 0 Å². The van der Waals surface area contributed by atoms with Crippen LogP contribution >= 0.6 is 34.4 Å². The number of aryl methyl sites for hydroxylation is 1. The first-order chi connectivity index (χ1) is 13.3. The van der Waals surface area contributed by atoms with E-state index in [2.05, 4.69) is 38.0 Å². The first kappa shape index (κ1) is 20.9. The summed E-state index contributed by atoms with van der Waals surface area (Å²) in [5, 5.41) is 8.06. The van der Waals surface area contributed by atoms with Crippen LogP contribution < -0.4 is 10.1 Å². The van der Waals surface area contributed by atoms with E-state index in [1.165, 1.54) is 11.8 Å². The summed E-state index contributed by atoms with van der Waals surface area (Å²) in [4.78, 5) is 17.2. The highest BCUT2D eigenvalue weighted by molar-refractivity contribution is 14.1. The van der Waals surface area contributed by atoms with Crippen molar-refractivity contribution in [3.63, 3.8) is 0 Å². The lowest BCUT2D eigenvalue weighted by molar-refractivity contribution is -0.126. The van der Waals surface area contributed by atoms with Crippen molar-refractivity contribution in [3.8, 4) is 5.75 Å². The van der Waals surface area contributed by atoms with Crippen molar-refractivity contribution in [2.75, 3.05) is 6.26 Å². The number of hydrogen-bond donors (Lipinski definition) is 1. The number of nitrogens with one attached hydrogen (secondary N) is 1. The molecule has 0 fully saturated rings. The van der Waals surface area contributed by atoms with Gasteiger partial charge in [-0.3, -0.25) is 9.78 Å². The van der Waals surface area contributed by atoms with Crippen LogP contribution in [0, 0.1) is 3.57 Å². The minimum absolute atomic E-state index is 0.223. The summed E-state index contributed by atoms with van der Waals surface area (Å²) < 4.78 is 12.3. The molecule has 28 heavy (non-hydrogen) atoms. The van der Waals surface area contributed by atoms with Crippen molar-refractivity contribution in [2.24, 2.45) is 0 Å². The van der Waals surface area contributed by atoms with Crippen LogP contribution in [0.3, 0.4) is 0 Å². The zero-order valence-corrected chi connectivity index (χ0v) is 19.1. The van der Waals surface area contributed by atoms with E-state index in [1.54, 1.807) is 0 Å². The zero-order chi connectivity index (χ0) is 20.3. The van der Waals surface area contributed by atoms with Crippen LogP contribution in [-0.2, 0) is 16.8 Å². The number of amides is 1. The fourth-order valence-corrected chi connectivity index (χ4v) is 3.65.